The van der Waals surface area contributed by atoms with Gasteiger partial charge < -0.3 is 9.47 Å². The summed E-state index contributed by atoms with van der Waals surface area (Å²) in [5, 5.41) is 0.794. The van der Waals surface area contributed by atoms with Crippen LogP contribution in [0.3, 0.4) is 0 Å². The van der Waals surface area contributed by atoms with E-state index in [0.717, 1.165) is 5.02 Å². The van der Waals surface area contributed by atoms with Crippen LogP contribution in [0.2, 0.25) is 5.02 Å². The molecule has 2 rings (SSSR count). The normalized spacial score (nSPS) is 8.68. The molecule has 0 radical (unpaired) electrons. The van der Waals surface area contributed by atoms with E-state index >= 15 is 0 Å². The van der Waals surface area contributed by atoms with E-state index in [2.05, 4.69) is 9.47 Å². The number of esters is 2. The second-order valence-corrected chi connectivity index (χ2v) is 4.26. The molecular formula is C16H18BClO4. The van der Waals surface area contributed by atoms with Gasteiger partial charge >= 0.3 is 11.9 Å². The predicted octanol–water partition coefficient (Wildman–Crippen LogP) is 2.42. The minimum Gasteiger partial charge on any atom is -0.465 e. The Labute approximate surface area is 136 Å². The topological polar surface area (TPSA) is 52.6 Å². The Morgan fingerprint density at radius 2 is 1.14 bits per heavy atom. The van der Waals surface area contributed by atoms with Crippen LogP contribution in [-0.4, -0.2) is 34.6 Å². The zero-order chi connectivity index (χ0) is 15.7. The van der Waals surface area contributed by atoms with Gasteiger partial charge in [0.1, 0.15) is 0 Å². The first-order chi connectivity index (χ1) is 10.1. The molecule has 0 aromatic heterocycles. The molecule has 0 aliphatic carbocycles. The highest BCUT2D eigenvalue weighted by Crippen LogP contribution is 2.10. The van der Waals surface area contributed by atoms with Crippen molar-refractivity contribution in [3.8, 4) is 0 Å². The third kappa shape index (κ3) is 6.02. The summed E-state index contributed by atoms with van der Waals surface area (Å²) in [4.78, 5) is 22.4. The zero-order valence-corrected chi connectivity index (χ0v) is 12.5. The molecule has 6 heteroatoms. The summed E-state index contributed by atoms with van der Waals surface area (Å²) < 4.78 is 9.05. The van der Waals surface area contributed by atoms with Crippen LogP contribution >= 0.6 is 11.6 Å². The van der Waals surface area contributed by atoms with E-state index in [9.17, 15) is 9.59 Å². The van der Waals surface area contributed by atoms with Crippen LogP contribution in [0.15, 0.2) is 54.6 Å². The van der Waals surface area contributed by atoms with Crippen molar-refractivity contribution in [1.29, 1.82) is 0 Å². The summed E-state index contributed by atoms with van der Waals surface area (Å²) >= 11 is 5.54. The molecule has 0 fully saturated rings. The number of rotatable bonds is 2. The molecule has 2 aromatic carbocycles. The Morgan fingerprint density at radius 1 is 0.773 bits per heavy atom. The fourth-order valence-electron chi connectivity index (χ4n) is 1.47. The summed E-state index contributed by atoms with van der Waals surface area (Å²) in [6, 6.07) is 15.8. The Balaban J connectivity index is 0.000000465. The molecule has 0 aliphatic rings. The highest BCUT2D eigenvalue weighted by atomic mass is 35.5. The highest BCUT2D eigenvalue weighted by molar-refractivity contribution is 6.30. The second-order valence-electron chi connectivity index (χ2n) is 3.82. The van der Waals surface area contributed by atoms with E-state index in [0.29, 0.717) is 0 Å². The Kier molecular flexibility index (Phi) is 9.38. The van der Waals surface area contributed by atoms with Gasteiger partial charge in [-0.3, -0.25) is 0 Å². The molecule has 22 heavy (non-hydrogen) atoms. The molecular weight excluding hydrogens is 302 g/mol. The van der Waals surface area contributed by atoms with Crippen LogP contribution in [0.25, 0.3) is 0 Å². The third-order valence-corrected chi connectivity index (χ3v) is 2.72. The maximum Gasteiger partial charge on any atom is 0.338 e. The van der Waals surface area contributed by atoms with Crippen LogP contribution < -0.4 is 0 Å². The summed E-state index contributed by atoms with van der Waals surface area (Å²) in [6.07, 6.45) is 0. The van der Waals surface area contributed by atoms with Crippen molar-refractivity contribution < 1.29 is 19.1 Å². The van der Waals surface area contributed by atoms with Gasteiger partial charge in [-0.1, -0.05) is 41.9 Å². The average molecular weight is 321 g/mol. The van der Waals surface area contributed by atoms with Crippen molar-refractivity contribution in [2.45, 2.75) is 0 Å². The lowest BCUT2D eigenvalue weighted by Crippen LogP contribution is -2.11. The largest absolute Gasteiger partial charge is 0.465 e. The fourth-order valence-corrected chi connectivity index (χ4v) is 1.62. The number of hydrogen-bond donors (Lipinski definition) is 0. The molecule has 0 amide bonds. The molecule has 0 aliphatic heterocycles. The van der Waals surface area contributed by atoms with Gasteiger partial charge in [0.15, 0.2) is 0 Å². The number of carbonyl (C=O) groups excluding carboxylic acids is 2. The quantitative estimate of drug-likeness (QED) is 0.630. The van der Waals surface area contributed by atoms with Gasteiger partial charge in [-0.15, -0.1) is 0 Å². The van der Waals surface area contributed by atoms with Gasteiger partial charge in [-0.25, -0.2) is 9.59 Å². The van der Waals surface area contributed by atoms with Gasteiger partial charge in [-0.2, -0.15) is 0 Å². The van der Waals surface area contributed by atoms with Crippen molar-refractivity contribution >= 4 is 32.0 Å². The van der Waals surface area contributed by atoms with E-state index in [1.807, 2.05) is 30.3 Å². The van der Waals surface area contributed by atoms with E-state index in [-0.39, 0.29) is 19.5 Å². The number of hydrogen-bond acceptors (Lipinski definition) is 4. The van der Waals surface area contributed by atoms with Gasteiger partial charge in [0.05, 0.1) is 33.8 Å². The van der Waals surface area contributed by atoms with Gasteiger partial charge in [0, 0.05) is 5.02 Å². The summed E-state index contributed by atoms with van der Waals surface area (Å²) in [6.45, 7) is 0. The van der Waals surface area contributed by atoms with Crippen molar-refractivity contribution in [3.63, 3.8) is 0 Å². The third-order valence-electron chi connectivity index (χ3n) is 2.47. The van der Waals surface area contributed by atoms with Gasteiger partial charge in [-0.05, 0) is 24.3 Å². The molecule has 0 heterocycles. The molecule has 0 saturated heterocycles. The predicted molar refractivity (Wildman–Crippen MR) is 90.5 cm³/mol. The molecule has 0 N–H and O–H groups in total. The van der Waals surface area contributed by atoms with Crippen LogP contribution in [0.5, 0.6) is 0 Å². The lowest BCUT2D eigenvalue weighted by atomic mass is 10.1. The van der Waals surface area contributed by atoms with Gasteiger partial charge in [0.2, 0.25) is 0 Å². The molecule has 0 spiro atoms. The van der Waals surface area contributed by atoms with E-state index in [1.54, 1.807) is 12.1 Å². The Bertz CT molecular complexity index is 567. The monoisotopic (exact) mass is 320 g/mol. The van der Waals surface area contributed by atoms with E-state index in [4.69, 9.17) is 11.6 Å². The van der Waals surface area contributed by atoms with Crippen LogP contribution in [0.4, 0.5) is 0 Å². The van der Waals surface area contributed by atoms with Crippen LogP contribution in [0, 0.1) is 0 Å². The molecule has 0 atom stereocenters. The standard InChI is InChI=1S/C10H10O4.C6H5Cl.BH3/c1-13-9(11)7-5-3-4-6-8(7)10(12)14-2;7-6-4-2-1-3-5-6;/h3-6H,1-2H3;1-5H;1H3. The van der Waals surface area contributed by atoms with Crippen molar-refractivity contribution in [2.24, 2.45) is 0 Å². The molecule has 0 unspecified atom stereocenters. The smallest absolute Gasteiger partial charge is 0.338 e. The minimum atomic E-state index is -0.550. The SMILES string of the molecule is B.COC(=O)c1ccccc1C(=O)OC.Clc1ccccc1. The maximum atomic E-state index is 11.2. The molecule has 0 bridgehead atoms. The summed E-state index contributed by atoms with van der Waals surface area (Å²) in [7, 11) is 2.52. The lowest BCUT2D eigenvalue weighted by molar-refractivity contribution is 0.0555. The van der Waals surface area contributed by atoms with E-state index in [1.165, 1.54) is 26.4 Å². The molecule has 2 aromatic rings. The number of ether oxygens (including phenoxy) is 2. The van der Waals surface area contributed by atoms with E-state index < -0.39 is 11.9 Å². The maximum absolute atomic E-state index is 11.2. The zero-order valence-electron chi connectivity index (χ0n) is 11.7. The lowest BCUT2D eigenvalue weighted by Gasteiger charge is -2.04. The highest BCUT2D eigenvalue weighted by Gasteiger charge is 2.16. The Hall–Kier alpha value is -2.27. The number of methoxy groups -OCH3 is 2. The van der Waals surface area contributed by atoms with Crippen LogP contribution in [0.1, 0.15) is 20.7 Å². The average Bonchev–Trinajstić information content (AvgIpc) is 2.54. The second kappa shape index (κ2) is 10.5. The summed E-state index contributed by atoms with van der Waals surface area (Å²) in [5.74, 6) is -1.10. The van der Waals surface area contributed by atoms with Crippen molar-refractivity contribution in [1.82, 2.24) is 0 Å². The first-order valence-corrected chi connectivity index (χ1v) is 6.44. The first kappa shape index (κ1) is 19.7. The number of benzene rings is 2. The summed E-state index contributed by atoms with van der Waals surface area (Å²) in [5.41, 5.74) is 0.420. The van der Waals surface area contributed by atoms with Crippen molar-refractivity contribution in [3.05, 3.63) is 70.7 Å². The molecule has 116 valence electrons. The fraction of sp³-hybridized carbons (Fsp3) is 0.125. The molecule has 4 nitrogen and oxygen atoms in total. The number of halogens is 1. The Morgan fingerprint density at radius 3 is 1.41 bits per heavy atom. The number of carbonyl (C=O) groups is 2. The van der Waals surface area contributed by atoms with Crippen molar-refractivity contribution in [2.75, 3.05) is 14.2 Å². The van der Waals surface area contributed by atoms with Crippen LogP contribution in [-0.2, 0) is 9.47 Å². The minimum absolute atomic E-state index is 0. The molecule has 0 saturated carbocycles. The first-order valence-electron chi connectivity index (χ1n) is 6.06. The van der Waals surface area contributed by atoms with Gasteiger partial charge in [0.25, 0.3) is 0 Å².